The maximum Gasteiger partial charge on any atom is 0.303 e. The first-order chi connectivity index (χ1) is 6.29. The summed E-state index contributed by atoms with van der Waals surface area (Å²) in [7, 11) is 0. The highest BCUT2D eigenvalue weighted by Crippen LogP contribution is 2.31. The Morgan fingerprint density at radius 1 is 1.64 bits per heavy atom. The smallest absolute Gasteiger partial charge is 0.303 e. The van der Waals surface area contributed by atoms with E-state index in [1.807, 2.05) is 32.9 Å². The van der Waals surface area contributed by atoms with Crippen LogP contribution in [0.25, 0.3) is 0 Å². The summed E-state index contributed by atoms with van der Waals surface area (Å²) in [4.78, 5) is 10.6. The predicted octanol–water partition coefficient (Wildman–Crippen LogP) is 2.59. The molecule has 0 saturated carbocycles. The number of carboxylic acids is 1. The van der Waals surface area contributed by atoms with Crippen LogP contribution in [0.5, 0.6) is 0 Å². The maximum absolute atomic E-state index is 10.6. The number of aliphatic carboxylic acids is 1. The summed E-state index contributed by atoms with van der Waals surface area (Å²) < 4.78 is 0. The predicted molar refractivity (Wildman–Crippen MR) is 54.6 cm³/mol. The topological polar surface area (TPSA) is 61.1 Å². The largest absolute Gasteiger partial charge is 0.481 e. The third kappa shape index (κ3) is 4.08. The fraction of sp³-hybridized carbons (Fsp3) is 0.636. The summed E-state index contributed by atoms with van der Waals surface area (Å²) in [5, 5.41) is 17.3. The lowest BCUT2D eigenvalue weighted by Crippen LogP contribution is -2.24. The fourth-order valence-corrected chi connectivity index (χ4v) is 1.19. The van der Waals surface area contributed by atoms with Gasteiger partial charge in [0.1, 0.15) is 0 Å². The van der Waals surface area contributed by atoms with Crippen LogP contribution in [0.4, 0.5) is 0 Å². The molecule has 3 heteroatoms. The fourth-order valence-electron chi connectivity index (χ4n) is 1.19. The highest BCUT2D eigenvalue weighted by atomic mass is 16.4. The molecule has 0 aliphatic carbocycles. The van der Waals surface area contributed by atoms with Gasteiger partial charge in [0.25, 0.3) is 0 Å². The van der Waals surface area contributed by atoms with Crippen molar-refractivity contribution >= 4 is 5.97 Å². The standard InChI is InChI=1S/C11H17NO2/c1-8(7-12)5-9(2)11(3,4)6-10(13)14/h5,9H,6H2,1-4H3,(H,13,14). The van der Waals surface area contributed by atoms with Gasteiger partial charge in [-0.1, -0.05) is 26.8 Å². The normalized spacial score (nSPS) is 14.6. The third-order valence-corrected chi connectivity index (χ3v) is 2.52. The summed E-state index contributed by atoms with van der Waals surface area (Å²) in [5.74, 6) is -0.719. The van der Waals surface area contributed by atoms with Crippen molar-refractivity contribution in [2.75, 3.05) is 0 Å². The van der Waals surface area contributed by atoms with Crippen molar-refractivity contribution < 1.29 is 9.90 Å². The molecule has 0 aliphatic rings. The van der Waals surface area contributed by atoms with Crippen LogP contribution in [0, 0.1) is 22.7 Å². The van der Waals surface area contributed by atoms with Gasteiger partial charge in [-0.3, -0.25) is 4.79 Å². The van der Waals surface area contributed by atoms with Gasteiger partial charge in [-0.25, -0.2) is 0 Å². The molecule has 1 N–H and O–H groups in total. The van der Waals surface area contributed by atoms with E-state index in [-0.39, 0.29) is 17.8 Å². The highest BCUT2D eigenvalue weighted by Gasteiger charge is 2.27. The van der Waals surface area contributed by atoms with Crippen LogP contribution >= 0.6 is 0 Å². The molecular formula is C11H17NO2. The zero-order valence-electron chi connectivity index (χ0n) is 9.16. The van der Waals surface area contributed by atoms with Crippen molar-refractivity contribution in [2.45, 2.75) is 34.1 Å². The molecule has 1 atom stereocenters. The Morgan fingerprint density at radius 3 is 2.50 bits per heavy atom. The molecule has 0 heterocycles. The van der Waals surface area contributed by atoms with E-state index in [0.29, 0.717) is 5.57 Å². The average molecular weight is 195 g/mol. The molecule has 14 heavy (non-hydrogen) atoms. The molecule has 0 bridgehead atoms. The summed E-state index contributed by atoms with van der Waals surface area (Å²) in [5.41, 5.74) is 0.320. The van der Waals surface area contributed by atoms with Gasteiger partial charge >= 0.3 is 5.97 Å². The van der Waals surface area contributed by atoms with Crippen LogP contribution < -0.4 is 0 Å². The second-order valence-electron chi connectivity index (χ2n) is 4.31. The van der Waals surface area contributed by atoms with E-state index in [1.54, 1.807) is 6.92 Å². The van der Waals surface area contributed by atoms with Gasteiger partial charge in [0.2, 0.25) is 0 Å². The van der Waals surface area contributed by atoms with Gasteiger partial charge in [-0.2, -0.15) is 5.26 Å². The third-order valence-electron chi connectivity index (χ3n) is 2.52. The van der Waals surface area contributed by atoms with Crippen LogP contribution in [0.2, 0.25) is 0 Å². The molecule has 0 aromatic carbocycles. The van der Waals surface area contributed by atoms with E-state index < -0.39 is 5.97 Å². The Bertz CT molecular complexity index is 284. The van der Waals surface area contributed by atoms with Crippen molar-refractivity contribution in [2.24, 2.45) is 11.3 Å². The Morgan fingerprint density at radius 2 is 2.14 bits per heavy atom. The first-order valence-electron chi connectivity index (χ1n) is 4.60. The first kappa shape index (κ1) is 12.7. The Kier molecular flexibility index (Phi) is 4.36. The maximum atomic E-state index is 10.6. The zero-order chi connectivity index (χ0) is 11.4. The minimum atomic E-state index is -0.801. The van der Waals surface area contributed by atoms with Gasteiger partial charge in [0, 0.05) is 5.57 Å². The lowest BCUT2D eigenvalue weighted by Gasteiger charge is -2.28. The van der Waals surface area contributed by atoms with Crippen molar-refractivity contribution in [3.8, 4) is 6.07 Å². The van der Waals surface area contributed by atoms with Gasteiger partial charge in [-0.15, -0.1) is 0 Å². The molecule has 0 rings (SSSR count). The summed E-state index contributed by atoms with van der Waals surface area (Å²) >= 11 is 0. The van der Waals surface area contributed by atoms with Crippen molar-refractivity contribution in [1.29, 1.82) is 5.26 Å². The second kappa shape index (κ2) is 4.80. The van der Waals surface area contributed by atoms with E-state index in [0.717, 1.165) is 0 Å². The molecule has 3 nitrogen and oxygen atoms in total. The summed E-state index contributed by atoms with van der Waals surface area (Å²) in [6.45, 7) is 7.46. The minimum Gasteiger partial charge on any atom is -0.481 e. The highest BCUT2D eigenvalue weighted by molar-refractivity contribution is 5.67. The second-order valence-corrected chi connectivity index (χ2v) is 4.31. The molecule has 78 valence electrons. The quantitative estimate of drug-likeness (QED) is 0.701. The molecule has 0 spiro atoms. The molecule has 0 fully saturated rings. The van der Waals surface area contributed by atoms with Crippen molar-refractivity contribution in [1.82, 2.24) is 0 Å². The molecule has 0 aliphatic heterocycles. The van der Waals surface area contributed by atoms with Crippen LogP contribution in [0.3, 0.4) is 0 Å². The SMILES string of the molecule is CC(C#N)=CC(C)C(C)(C)CC(=O)O. The molecule has 1 unspecified atom stereocenters. The molecule has 0 amide bonds. The molecular weight excluding hydrogens is 178 g/mol. The molecule has 0 aromatic heterocycles. The zero-order valence-corrected chi connectivity index (χ0v) is 9.16. The Labute approximate surface area is 85.0 Å². The van der Waals surface area contributed by atoms with Crippen molar-refractivity contribution in [3.05, 3.63) is 11.6 Å². The van der Waals surface area contributed by atoms with Crippen LogP contribution in [-0.2, 0) is 4.79 Å². The lowest BCUT2D eigenvalue weighted by molar-refractivity contribution is -0.139. The Balaban J connectivity index is 4.60. The minimum absolute atomic E-state index is 0.0817. The van der Waals surface area contributed by atoms with Gasteiger partial charge < -0.3 is 5.11 Å². The number of nitrogens with zero attached hydrogens (tertiary/aromatic N) is 1. The number of hydrogen-bond donors (Lipinski definition) is 1. The Hall–Kier alpha value is -1.30. The average Bonchev–Trinajstić information content (AvgIpc) is 2.01. The summed E-state index contributed by atoms with van der Waals surface area (Å²) in [6.07, 6.45) is 1.94. The van der Waals surface area contributed by atoms with E-state index in [2.05, 4.69) is 0 Å². The number of carboxylic acid groups (broad SMARTS) is 1. The first-order valence-corrected chi connectivity index (χ1v) is 4.60. The number of allylic oxidation sites excluding steroid dienone is 2. The number of rotatable bonds is 4. The molecule has 0 aromatic rings. The van der Waals surface area contributed by atoms with Gasteiger partial charge in [-0.05, 0) is 18.3 Å². The lowest BCUT2D eigenvalue weighted by atomic mass is 9.76. The van der Waals surface area contributed by atoms with Gasteiger partial charge in [0.05, 0.1) is 12.5 Å². The number of nitriles is 1. The van der Waals surface area contributed by atoms with Crippen LogP contribution in [-0.4, -0.2) is 11.1 Å². The molecule has 0 radical (unpaired) electrons. The van der Waals surface area contributed by atoms with Crippen LogP contribution in [0.15, 0.2) is 11.6 Å². The van der Waals surface area contributed by atoms with E-state index in [4.69, 9.17) is 10.4 Å². The van der Waals surface area contributed by atoms with Crippen LogP contribution in [0.1, 0.15) is 34.1 Å². The summed E-state index contributed by atoms with van der Waals surface area (Å²) in [6, 6.07) is 2.03. The number of carbonyl (C=O) groups is 1. The van der Waals surface area contributed by atoms with E-state index in [9.17, 15) is 4.79 Å². The van der Waals surface area contributed by atoms with E-state index >= 15 is 0 Å². The number of hydrogen-bond acceptors (Lipinski definition) is 2. The monoisotopic (exact) mass is 195 g/mol. The van der Waals surface area contributed by atoms with Gasteiger partial charge in [0.15, 0.2) is 0 Å². The van der Waals surface area contributed by atoms with Crippen molar-refractivity contribution in [3.63, 3.8) is 0 Å². The van der Waals surface area contributed by atoms with E-state index in [1.165, 1.54) is 0 Å². The molecule has 0 saturated heterocycles.